The van der Waals surface area contributed by atoms with Crippen LogP contribution in [0.2, 0.25) is 0 Å². The topological polar surface area (TPSA) is 120 Å². The van der Waals surface area contributed by atoms with E-state index in [0.29, 0.717) is 27.6 Å². The van der Waals surface area contributed by atoms with E-state index in [1.807, 2.05) is 19.9 Å². The lowest BCUT2D eigenvalue weighted by Gasteiger charge is -2.08. The van der Waals surface area contributed by atoms with Gasteiger partial charge < -0.3 is 20.2 Å². The molecule has 0 unspecified atom stereocenters. The van der Waals surface area contributed by atoms with Gasteiger partial charge in [-0.1, -0.05) is 6.07 Å². The molecule has 0 saturated carbocycles. The first-order valence-electron chi connectivity index (χ1n) is 11.0. The van der Waals surface area contributed by atoms with Gasteiger partial charge in [-0.3, -0.25) is 14.7 Å². The second kappa shape index (κ2) is 8.83. The molecular weight excluding hydrogens is 452 g/mol. The number of phenols is 1. The number of aromatic amines is 1. The number of aryl methyl sites for hydroxylation is 3. The number of benzene rings is 1. The minimum Gasteiger partial charge on any atom is -0.507 e. The summed E-state index contributed by atoms with van der Waals surface area (Å²) in [6, 6.07) is 8.78. The van der Waals surface area contributed by atoms with E-state index in [0.717, 1.165) is 40.8 Å². The molecule has 5 rings (SSSR count). The van der Waals surface area contributed by atoms with Crippen molar-refractivity contribution in [2.45, 2.75) is 39.7 Å². The number of carbonyl (C=O) groups excluding carboxylic acids is 2. The number of hydrogen-bond donors (Lipinski definition) is 4. The number of H-pyrrole nitrogens is 1. The van der Waals surface area contributed by atoms with Gasteiger partial charge in [-0.2, -0.15) is 5.10 Å². The molecule has 1 aliphatic rings. The molecule has 34 heavy (non-hydrogen) atoms. The summed E-state index contributed by atoms with van der Waals surface area (Å²) < 4.78 is 5.30. The van der Waals surface area contributed by atoms with Gasteiger partial charge in [-0.05, 0) is 74.1 Å². The summed E-state index contributed by atoms with van der Waals surface area (Å²) in [6.07, 6.45) is 4.27. The molecule has 3 heterocycles. The summed E-state index contributed by atoms with van der Waals surface area (Å²) in [4.78, 5) is 27.2. The SMILES string of the molecule is Cc1cc(C)c(-c2cc(C(=O)Nc3sc4c(c3C(=O)NCc3ccco3)CCC4)[nH]n2)c(O)c1. The van der Waals surface area contributed by atoms with Crippen molar-refractivity contribution in [3.8, 4) is 17.0 Å². The number of furan rings is 1. The van der Waals surface area contributed by atoms with Crippen LogP contribution in [0.1, 0.15) is 54.6 Å². The highest BCUT2D eigenvalue weighted by Gasteiger charge is 2.28. The zero-order valence-corrected chi connectivity index (χ0v) is 19.6. The van der Waals surface area contributed by atoms with Crippen LogP contribution >= 0.6 is 11.3 Å². The quantitative estimate of drug-likeness (QED) is 0.321. The predicted octanol–water partition coefficient (Wildman–Crippen LogP) is 4.72. The fourth-order valence-electron chi connectivity index (χ4n) is 4.42. The minimum absolute atomic E-state index is 0.112. The molecule has 4 N–H and O–H groups in total. The number of thiophene rings is 1. The van der Waals surface area contributed by atoms with Crippen LogP contribution in [0.3, 0.4) is 0 Å². The Morgan fingerprint density at radius 2 is 2.06 bits per heavy atom. The number of aromatic hydroxyl groups is 1. The van der Waals surface area contributed by atoms with Crippen LogP contribution in [0.15, 0.2) is 41.0 Å². The van der Waals surface area contributed by atoms with E-state index in [9.17, 15) is 14.7 Å². The largest absolute Gasteiger partial charge is 0.507 e. The van der Waals surface area contributed by atoms with E-state index in [1.165, 1.54) is 11.3 Å². The van der Waals surface area contributed by atoms with Gasteiger partial charge >= 0.3 is 0 Å². The maximum atomic E-state index is 13.0. The molecule has 0 spiro atoms. The lowest BCUT2D eigenvalue weighted by Crippen LogP contribution is -2.25. The Labute approximate surface area is 200 Å². The Bertz CT molecular complexity index is 1360. The summed E-state index contributed by atoms with van der Waals surface area (Å²) in [6.45, 7) is 4.06. The second-order valence-corrected chi connectivity index (χ2v) is 9.53. The molecule has 0 radical (unpaired) electrons. The molecule has 0 aliphatic heterocycles. The minimum atomic E-state index is -0.400. The van der Waals surface area contributed by atoms with Gasteiger partial charge in [0, 0.05) is 10.4 Å². The first kappa shape index (κ1) is 22.0. The molecular formula is C25H24N4O4S. The van der Waals surface area contributed by atoms with Crippen molar-refractivity contribution in [2.24, 2.45) is 0 Å². The number of fused-ring (bicyclic) bond motifs is 1. The predicted molar refractivity (Wildman–Crippen MR) is 129 cm³/mol. The van der Waals surface area contributed by atoms with E-state index >= 15 is 0 Å². The maximum Gasteiger partial charge on any atom is 0.274 e. The van der Waals surface area contributed by atoms with Crippen LogP contribution in [-0.4, -0.2) is 27.1 Å². The van der Waals surface area contributed by atoms with Gasteiger partial charge in [0.2, 0.25) is 0 Å². The highest BCUT2D eigenvalue weighted by Crippen LogP contribution is 2.39. The van der Waals surface area contributed by atoms with Crippen LogP contribution in [0.25, 0.3) is 11.3 Å². The number of anilines is 1. The molecule has 1 aromatic carbocycles. The van der Waals surface area contributed by atoms with Crippen molar-refractivity contribution in [3.63, 3.8) is 0 Å². The fraction of sp³-hybridized carbons (Fsp3) is 0.240. The van der Waals surface area contributed by atoms with Gasteiger partial charge in [0.05, 0.1) is 24.1 Å². The zero-order valence-electron chi connectivity index (χ0n) is 18.8. The third-order valence-electron chi connectivity index (χ3n) is 5.92. The standard InChI is InChI=1S/C25H24N4O4S/c1-13-9-14(2)21(19(30)10-13)17-11-18(29-28-17)23(31)27-25-22(16-6-3-7-20(16)34-25)24(32)26-12-15-5-4-8-33-15/h4-5,8-11,30H,3,6-7,12H2,1-2H3,(H,26,32)(H,27,31)(H,28,29). The number of nitrogens with zero attached hydrogens (tertiary/aromatic N) is 1. The number of phenolic OH excluding ortho intramolecular Hbond substituents is 1. The number of amides is 2. The Morgan fingerprint density at radius 3 is 2.82 bits per heavy atom. The first-order chi connectivity index (χ1) is 16.4. The van der Waals surface area contributed by atoms with Gasteiger partial charge in [0.15, 0.2) is 0 Å². The lowest BCUT2D eigenvalue weighted by atomic mass is 10.0. The Morgan fingerprint density at radius 1 is 1.21 bits per heavy atom. The third-order valence-corrected chi connectivity index (χ3v) is 7.12. The average Bonchev–Trinajstić information content (AvgIpc) is 3.56. The van der Waals surface area contributed by atoms with Gasteiger partial charge in [0.25, 0.3) is 11.8 Å². The Kier molecular flexibility index (Phi) is 5.70. The van der Waals surface area contributed by atoms with Crippen LogP contribution in [0.4, 0.5) is 5.00 Å². The number of rotatable bonds is 6. The number of carbonyl (C=O) groups is 2. The van der Waals surface area contributed by atoms with Crippen LogP contribution in [-0.2, 0) is 19.4 Å². The molecule has 174 valence electrons. The van der Waals surface area contributed by atoms with Crippen molar-refractivity contribution in [3.05, 3.63) is 75.2 Å². The zero-order chi connectivity index (χ0) is 23.8. The smallest absolute Gasteiger partial charge is 0.274 e. The van der Waals surface area contributed by atoms with Crippen LogP contribution in [0, 0.1) is 13.8 Å². The summed E-state index contributed by atoms with van der Waals surface area (Å²) in [5.74, 6) is 0.131. The normalized spacial score (nSPS) is 12.5. The Balaban J connectivity index is 1.38. The highest BCUT2D eigenvalue weighted by molar-refractivity contribution is 7.17. The molecule has 2 amide bonds. The summed E-state index contributed by atoms with van der Waals surface area (Å²) in [7, 11) is 0. The summed E-state index contributed by atoms with van der Waals surface area (Å²) in [5, 5.41) is 23.7. The average molecular weight is 477 g/mol. The highest BCUT2D eigenvalue weighted by atomic mass is 32.1. The number of aromatic nitrogens is 2. The number of nitrogens with one attached hydrogen (secondary N) is 3. The number of hydrogen-bond acceptors (Lipinski definition) is 6. The van der Waals surface area contributed by atoms with E-state index in [-0.39, 0.29) is 23.9 Å². The maximum absolute atomic E-state index is 13.0. The Hall–Kier alpha value is -3.85. The van der Waals surface area contributed by atoms with Crippen molar-refractivity contribution in [2.75, 3.05) is 5.32 Å². The van der Waals surface area contributed by atoms with Gasteiger partial charge in [-0.15, -0.1) is 11.3 Å². The van der Waals surface area contributed by atoms with E-state index < -0.39 is 5.91 Å². The molecule has 9 heteroatoms. The molecule has 1 aliphatic carbocycles. The fourth-order valence-corrected chi connectivity index (χ4v) is 5.70. The van der Waals surface area contributed by atoms with Crippen molar-refractivity contribution >= 4 is 28.2 Å². The van der Waals surface area contributed by atoms with Crippen molar-refractivity contribution < 1.29 is 19.1 Å². The summed E-state index contributed by atoms with van der Waals surface area (Å²) >= 11 is 1.44. The molecule has 3 aromatic heterocycles. The second-order valence-electron chi connectivity index (χ2n) is 8.42. The molecule has 0 fully saturated rings. The third kappa shape index (κ3) is 4.10. The van der Waals surface area contributed by atoms with Gasteiger partial charge in [0.1, 0.15) is 22.2 Å². The van der Waals surface area contributed by atoms with Crippen LogP contribution < -0.4 is 10.6 Å². The van der Waals surface area contributed by atoms with E-state index in [1.54, 1.807) is 30.5 Å². The van der Waals surface area contributed by atoms with Crippen molar-refractivity contribution in [1.82, 2.24) is 15.5 Å². The van der Waals surface area contributed by atoms with Crippen LogP contribution in [0.5, 0.6) is 5.75 Å². The van der Waals surface area contributed by atoms with E-state index in [4.69, 9.17) is 4.42 Å². The van der Waals surface area contributed by atoms with Crippen molar-refractivity contribution in [1.29, 1.82) is 0 Å². The summed E-state index contributed by atoms with van der Waals surface area (Å²) in [5.41, 5.74) is 4.62. The molecule has 0 atom stereocenters. The molecule has 0 bridgehead atoms. The van der Waals surface area contributed by atoms with Gasteiger partial charge in [-0.25, -0.2) is 0 Å². The lowest BCUT2D eigenvalue weighted by molar-refractivity contribution is 0.0948. The molecule has 0 saturated heterocycles. The first-order valence-corrected chi connectivity index (χ1v) is 11.8. The molecule has 4 aromatic rings. The molecule has 8 nitrogen and oxygen atoms in total. The monoisotopic (exact) mass is 476 g/mol. The van der Waals surface area contributed by atoms with E-state index in [2.05, 4.69) is 20.8 Å².